The minimum absolute atomic E-state index is 0.320. The maximum atomic E-state index is 11.9. The predicted octanol–water partition coefficient (Wildman–Crippen LogP) is 4.07. The molecular formula is C16H16ClNO3S. The Morgan fingerprint density at radius 3 is 2.55 bits per heavy atom. The van der Waals surface area contributed by atoms with Crippen LogP contribution in [0.2, 0.25) is 5.02 Å². The van der Waals surface area contributed by atoms with Gasteiger partial charge in [-0.1, -0.05) is 18.5 Å². The SMILES string of the molecule is CCc1cc(C(=O)OCC(=O)Nc2ccc(Cl)cc2)sc1C. The van der Waals surface area contributed by atoms with Gasteiger partial charge in [0.25, 0.3) is 5.91 Å². The lowest BCUT2D eigenvalue weighted by molar-refractivity contribution is -0.119. The second-order valence-electron chi connectivity index (χ2n) is 4.68. The van der Waals surface area contributed by atoms with Crippen molar-refractivity contribution in [3.63, 3.8) is 0 Å². The lowest BCUT2D eigenvalue weighted by atomic mass is 10.2. The molecule has 0 saturated heterocycles. The standard InChI is InChI=1S/C16H16ClNO3S/c1-3-11-8-14(22-10(11)2)16(20)21-9-15(19)18-13-6-4-12(17)5-7-13/h4-8H,3,9H2,1-2H3,(H,18,19). The minimum Gasteiger partial charge on any atom is -0.451 e. The third-order valence-corrected chi connectivity index (χ3v) is 4.39. The number of thiophene rings is 1. The van der Waals surface area contributed by atoms with E-state index >= 15 is 0 Å². The molecule has 1 aromatic heterocycles. The summed E-state index contributed by atoms with van der Waals surface area (Å²) in [5.74, 6) is -0.862. The number of halogens is 1. The Balaban J connectivity index is 1.87. The number of rotatable bonds is 5. The molecular weight excluding hydrogens is 322 g/mol. The predicted molar refractivity (Wildman–Crippen MR) is 88.8 cm³/mol. The zero-order valence-corrected chi connectivity index (χ0v) is 13.9. The summed E-state index contributed by atoms with van der Waals surface area (Å²) in [4.78, 5) is 25.3. The minimum atomic E-state index is -0.473. The van der Waals surface area contributed by atoms with Crippen LogP contribution < -0.4 is 5.32 Å². The smallest absolute Gasteiger partial charge is 0.348 e. The van der Waals surface area contributed by atoms with Gasteiger partial charge in [-0.05, 0) is 49.2 Å². The van der Waals surface area contributed by atoms with Crippen LogP contribution in [0.1, 0.15) is 27.0 Å². The van der Waals surface area contributed by atoms with Crippen molar-refractivity contribution in [2.75, 3.05) is 11.9 Å². The molecule has 4 nitrogen and oxygen atoms in total. The first-order valence-corrected chi connectivity index (χ1v) is 8.01. The van der Waals surface area contributed by atoms with E-state index in [0.717, 1.165) is 16.9 Å². The Kier molecular flexibility index (Phi) is 5.57. The van der Waals surface area contributed by atoms with Crippen molar-refractivity contribution in [3.8, 4) is 0 Å². The van der Waals surface area contributed by atoms with E-state index in [1.54, 1.807) is 24.3 Å². The van der Waals surface area contributed by atoms with Gasteiger partial charge in [0.2, 0.25) is 0 Å². The van der Waals surface area contributed by atoms with Crippen molar-refractivity contribution in [2.24, 2.45) is 0 Å². The highest BCUT2D eigenvalue weighted by Crippen LogP contribution is 2.22. The molecule has 0 aliphatic rings. The average Bonchev–Trinajstić information content (AvgIpc) is 2.88. The van der Waals surface area contributed by atoms with Crippen LogP contribution in [0, 0.1) is 6.92 Å². The summed E-state index contributed by atoms with van der Waals surface area (Å²) in [6, 6.07) is 8.52. The quantitative estimate of drug-likeness (QED) is 0.837. The largest absolute Gasteiger partial charge is 0.451 e. The molecule has 2 aromatic rings. The van der Waals surface area contributed by atoms with Gasteiger partial charge in [0, 0.05) is 15.6 Å². The Labute approximate surface area is 138 Å². The summed E-state index contributed by atoms with van der Waals surface area (Å²) in [6.45, 7) is 3.68. The third kappa shape index (κ3) is 4.32. The zero-order valence-electron chi connectivity index (χ0n) is 12.3. The molecule has 0 atom stereocenters. The van der Waals surface area contributed by atoms with E-state index < -0.39 is 5.97 Å². The van der Waals surface area contributed by atoms with Crippen LogP contribution in [-0.2, 0) is 16.0 Å². The van der Waals surface area contributed by atoms with E-state index in [-0.39, 0.29) is 12.5 Å². The molecule has 2 rings (SSSR count). The Morgan fingerprint density at radius 1 is 1.27 bits per heavy atom. The van der Waals surface area contributed by atoms with E-state index in [2.05, 4.69) is 5.32 Å². The summed E-state index contributed by atoms with van der Waals surface area (Å²) in [5, 5.41) is 3.22. The lowest BCUT2D eigenvalue weighted by Gasteiger charge is -2.05. The van der Waals surface area contributed by atoms with Gasteiger partial charge in [-0.2, -0.15) is 0 Å². The van der Waals surface area contributed by atoms with Gasteiger partial charge >= 0.3 is 5.97 Å². The van der Waals surface area contributed by atoms with Crippen LogP contribution in [0.15, 0.2) is 30.3 Å². The highest BCUT2D eigenvalue weighted by atomic mass is 35.5. The Bertz CT molecular complexity index is 679. The zero-order chi connectivity index (χ0) is 16.1. The van der Waals surface area contributed by atoms with Crippen molar-refractivity contribution < 1.29 is 14.3 Å². The van der Waals surface area contributed by atoms with Gasteiger partial charge in [0.15, 0.2) is 6.61 Å². The number of esters is 1. The topological polar surface area (TPSA) is 55.4 Å². The maximum absolute atomic E-state index is 11.9. The molecule has 116 valence electrons. The fraction of sp³-hybridized carbons (Fsp3) is 0.250. The molecule has 22 heavy (non-hydrogen) atoms. The number of ether oxygens (including phenoxy) is 1. The van der Waals surface area contributed by atoms with Crippen LogP contribution >= 0.6 is 22.9 Å². The molecule has 1 aromatic carbocycles. The van der Waals surface area contributed by atoms with E-state index in [0.29, 0.717) is 15.6 Å². The van der Waals surface area contributed by atoms with Gasteiger partial charge in [0.05, 0.1) is 0 Å². The summed E-state index contributed by atoms with van der Waals surface area (Å²) >= 11 is 7.15. The molecule has 0 aliphatic carbocycles. The molecule has 0 bridgehead atoms. The monoisotopic (exact) mass is 337 g/mol. The number of nitrogens with one attached hydrogen (secondary N) is 1. The normalized spacial score (nSPS) is 10.3. The van der Waals surface area contributed by atoms with Crippen LogP contribution in [0.25, 0.3) is 0 Å². The van der Waals surface area contributed by atoms with E-state index in [1.165, 1.54) is 11.3 Å². The number of benzene rings is 1. The van der Waals surface area contributed by atoms with Crippen molar-refractivity contribution in [3.05, 3.63) is 50.7 Å². The molecule has 1 heterocycles. The van der Waals surface area contributed by atoms with Gasteiger partial charge in [0.1, 0.15) is 4.88 Å². The summed E-state index contributed by atoms with van der Waals surface area (Å²) in [6.07, 6.45) is 0.868. The maximum Gasteiger partial charge on any atom is 0.348 e. The van der Waals surface area contributed by atoms with Crippen LogP contribution in [-0.4, -0.2) is 18.5 Å². The highest BCUT2D eigenvalue weighted by molar-refractivity contribution is 7.14. The summed E-state index contributed by atoms with van der Waals surface area (Å²) in [5.41, 5.74) is 1.73. The molecule has 6 heteroatoms. The molecule has 0 spiro atoms. The molecule has 0 aliphatic heterocycles. The first-order chi connectivity index (χ1) is 10.5. The molecule has 1 N–H and O–H groups in total. The molecule has 0 fully saturated rings. The van der Waals surface area contributed by atoms with Gasteiger partial charge in [-0.25, -0.2) is 4.79 Å². The number of carbonyl (C=O) groups is 2. The van der Waals surface area contributed by atoms with E-state index in [9.17, 15) is 9.59 Å². The fourth-order valence-electron chi connectivity index (χ4n) is 1.90. The Morgan fingerprint density at radius 2 is 1.95 bits per heavy atom. The second kappa shape index (κ2) is 7.42. The number of carbonyl (C=O) groups excluding carboxylic acids is 2. The molecule has 0 radical (unpaired) electrons. The second-order valence-corrected chi connectivity index (χ2v) is 6.37. The Hall–Kier alpha value is -1.85. The van der Waals surface area contributed by atoms with Crippen LogP contribution in [0.3, 0.4) is 0 Å². The lowest BCUT2D eigenvalue weighted by Crippen LogP contribution is -2.20. The highest BCUT2D eigenvalue weighted by Gasteiger charge is 2.14. The fourth-order valence-corrected chi connectivity index (χ4v) is 3.04. The number of hydrogen-bond acceptors (Lipinski definition) is 4. The van der Waals surface area contributed by atoms with Gasteiger partial charge in [-0.15, -0.1) is 11.3 Å². The van der Waals surface area contributed by atoms with E-state index in [1.807, 2.05) is 19.9 Å². The summed E-state index contributed by atoms with van der Waals surface area (Å²) < 4.78 is 5.03. The van der Waals surface area contributed by atoms with Crippen molar-refractivity contribution in [2.45, 2.75) is 20.3 Å². The van der Waals surface area contributed by atoms with E-state index in [4.69, 9.17) is 16.3 Å². The number of aryl methyl sites for hydroxylation is 2. The van der Waals surface area contributed by atoms with Gasteiger partial charge < -0.3 is 10.1 Å². The first-order valence-electron chi connectivity index (χ1n) is 6.81. The summed E-state index contributed by atoms with van der Waals surface area (Å²) in [7, 11) is 0. The molecule has 0 unspecified atom stereocenters. The third-order valence-electron chi connectivity index (χ3n) is 3.07. The number of hydrogen-bond donors (Lipinski definition) is 1. The number of anilines is 1. The molecule has 0 saturated carbocycles. The average molecular weight is 338 g/mol. The van der Waals surface area contributed by atoms with Crippen LogP contribution in [0.4, 0.5) is 5.69 Å². The van der Waals surface area contributed by atoms with Crippen LogP contribution in [0.5, 0.6) is 0 Å². The van der Waals surface area contributed by atoms with Gasteiger partial charge in [-0.3, -0.25) is 4.79 Å². The molecule has 1 amide bonds. The number of amides is 1. The first kappa shape index (κ1) is 16.5. The van der Waals surface area contributed by atoms with Crippen molar-refractivity contribution in [1.82, 2.24) is 0 Å². The van der Waals surface area contributed by atoms with Crippen molar-refractivity contribution in [1.29, 1.82) is 0 Å². The van der Waals surface area contributed by atoms with Crippen molar-refractivity contribution >= 4 is 40.5 Å².